The number of benzene rings is 1. The predicted molar refractivity (Wildman–Crippen MR) is 120 cm³/mol. The number of rotatable bonds is 6. The molecule has 4 rings (SSSR count). The molecule has 2 aromatic rings. The Labute approximate surface area is 200 Å². The standard InChI is InChI=1S/C24H28F3N5O3/c25-24(26,27)17-3-1-2-16(12-17)22(34)30-14-21(33)31-18-6-11-32(15-18)19-4-7-23(35,8-5-19)20-13-28-9-10-29-20/h1-3,9-10,12-13,18-19,35H,4-8,11,14-15H2,(H,30,34)(H,31,33)/t18-,19?,23?/m1/s1. The number of amides is 2. The lowest BCUT2D eigenvalue weighted by atomic mass is 9.80. The fourth-order valence-electron chi connectivity index (χ4n) is 4.86. The molecule has 2 fully saturated rings. The molecule has 0 radical (unpaired) electrons. The summed E-state index contributed by atoms with van der Waals surface area (Å²) in [7, 11) is 0. The van der Waals surface area contributed by atoms with Crippen LogP contribution in [0.3, 0.4) is 0 Å². The third-order valence-corrected chi connectivity index (χ3v) is 6.79. The largest absolute Gasteiger partial charge is 0.416 e. The Morgan fingerprint density at radius 3 is 2.63 bits per heavy atom. The average Bonchev–Trinajstić information content (AvgIpc) is 3.31. The monoisotopic (exact) mass is 491 g/mol. The normalized spacial score (nSPS) is 25.3. The highest BCUT2D eigenvalue weighted by Gasteiger charge is 2.39. The molecule has 0 unspecified atom stereocenters. The topological polar surface area (TPSA) is 107 Å². The maximum Gasteiger partial charge on any atom is 0.416 e. The highest BCUT2D eigenvalue weighted by atomic mass is 19.4. The Kier molecular flexibility index (Phi) is 7.36. The summed E-state index contributed by atoms with van der Waals surface area (Å²) < 4.78 is 38.5. The zero-order valence-electron chi connectivity index (χ0n) is 19.1. The summed E-state index contributed by atoms with van der Waals surface area (Å²) in [5, 5.41) is 16.2. The molecule has 1 saturated heterocycles. The maximum absolute atomic E-state index is 12.8. The van der Waals surface area contributed by atoms with E-state index in [1.807, 2.05) is 0 Å². The molecule has 2 aliphatic rings. The Balaban J connectivity index is 1.21. The van der Waals surface area contributed by atoms with Crippen LogP contribution in [0.4, 0.5) is 13.2 Å². The molecule has 35 heavy (non-hydrogen) atoms. The number of hydrogen-bond acceptors (Lipinski definition) is 6. The van der Waals surface area contributed by atoms with E-state index in [0.717, 1.165) is 44.0 Å². The second-order valence-electron chi connectivity index (χ2n) is 9.16. The van der Waals surface area contributed by atoms with Crippen LogP contribution in [0.1, 0.15) is 53.7 Å². The van der Waals surface area contributed by atoms with Crippen molar-refractivity contribution in [1.29, 1.82) is 0 Å². The fourth-order valence-corrected chi connectivity index (χ4v) is 4.86. The van der Waals surface area contributed by atoms with Gasteiger partial charge in [-0.15, -0.1) is 0 Å². The summed E-state index contributed by atoms with van der Waals surface area (Å²) in [6.07, 6.45) is 3.77. The summed E-state index contributed by atoms with van der Waals surface area (Å²) in [4.78, 5) is 35.1. The van der Waals surface area contributed by atoms with Gasteiger partial charge in [-0.2, -0.15) is 13.2 Å². The van der Waals surface area contributed by atoms with Gasteiger partial charge in [0.1, 0.15) is 5.60 Å². The van der Waals surface area contributed by atoms with E-state index >= 15 is 0 Å². The highest BCUT2D eigenvalue weighted by molar-refractivity contribution is 5.96. The van der Waals surface area contributed by atoms with Crippen LogP contribution in [0.5, 0.6) is 0 Å². The highest BCUT2D eigenvalue weighted by Crippen LogP contribution is 2.38. The van der Waals surface area contributed by atoms with Crippen molar-refractivity contribution in [2.24, 2.45) is 0 Å². The Morgan fingerprint density at radius 1 is 1.17 bits per heavy atom. The molecule has 188 valence electrons. The molecule has 8 nitrogen and oxygen atoms in total. The molecule has 11 heteroatoms. The number of alkyl halides is 3. The van der Waals surface area contributed by atoms with Gasteiger partial charge in [0.25, 0.3) is 5.91 Å². The number of carbonyl (C=O) groups is 2. The second kappa shape index (κ2) is 10.3. The maximum atomic E-state index is 12.8. The number of nitrogens with zero attached hydrogens (tertiary/aromatic N) is 3. The number of nitrogens with one attached hydrogen (secondary N) is 2. The van der Waals surface area contributed by atoms with Gasteiger partial charge in [0.2, 0.25) is 5.91 Å². The van der Waals surface area contributed by atoms with Gasteiger partial charge in [0.05, 0.1) is 24.0 Å². The minimum absolute atomic E-state index is 0.0752. The van der Waals surface area contributed by atoms with Crippen molar-refractivity contribution in [2.45, 2.75) is 56.0 Å². The zero-order valence-corrected chi connectivity index (χ0v) is 19.1. The first-order valence-corrected chi connectivity index (χ1v) is 11.6. The van der Waals surface area contributed by atoms with Crippen LogP contribution < -0.4 is 10.6 Å². The lowest BCUT2D eigenvalue weighted by molar-refractivity contribution is -0.137. The van der Waals surface area contributed by atoms with Crippen molar-refractivity contribution in [1.82, 2.24) is 25.5 Å². The van der Waals surface area contributed by atoms with E-state index in [9.17, 15) is 27.9 Å². The number of aliphatic hydroxyl groups is 1. The van der Waals surface area contributed by atoms with E-state index in [1.165, 1.54) is 6.07 Å². The van der Waals surface area contributed by atoms with Crippen LogP contribution in [0.2, 0.25) is 0 Å². The van der Waals surface area contributed by atoms with Crippen molar-refractivity contribution in [3.63, 3.8) is 0 Å². The summed E-state index contributed by atoms with van der Waals surface area (Å²) in [6, 6.07) is 4.30. The van der Waals surface area contributed by atoms with E-state index in [2.05, 4.69) is 25.5 Å². The number of likely N-dealkylation sites (tertiary alicyclic amines) is 1. The molecule has 1 aromatic heterocycles. The number of hydrogen-bond donors (Lipinski definition) is 3. The second-order valence-corrected chi connectivity index (χ2v) is 9.16. The first-order chi connectivity index (χ1) is 16.6. The van der Waals surface area contributed by atoms with E-state index < -0.39 is 29.2 Å². The van der Waals surface area contributed by atoms with Crippen molar-refractivity contribution in [3.8, 4) is 0 Å². The Hall–Kier alpha value is -3.05. The van der Waals surface area contributed by atoms with Crippen LogP contribution in [0, 0.1) is 0 Å². The van der Waals surface area contributed by atoms with Gasteiger partial charge in [-0.3, -0.25) is 24.5 Å². The van der Waals surface area contributed by atoms with E-state index in [1.54, 1.807) is 18.6 Å². The Bertz CT molecular complexity index is 1040. The van der Waals surface area contributed by atoms with Gasteiger partial charge in [0.15, 0.2) is 0 Å². The van der Waals surface area contributed by atoms with Crippen molar-refractivity contribution < 1.29 is 27.9 Å². The van der Waals surface area contributed by atoms with E-state index in [-0.39, 0.29) is 18.2 Å². The first-order valence-electron chi connectivity index (χ1n) is 11.6. The summed E-state index contributed by atoms with van der Waals surface area (Å²) in [5.74, 6) is -1.13. The molecule has 3 N–H and O–H groups in total. The molecule has 1 aromatic carbocycles. The Morgan fingerprint density at radius 2 is 1.94 bits per heavy atom. The lowest BCUT2D eigenvalue weighted by Gasteiger charge is -2.39. The molecule has 1 aliphatic carbocycles. The van der Waals surface area contributed by atoms with E-state index in [4.69, 9.17) is 0 Å². The van der Waals surface area contributed by atoms with E-state index in [0.29, 0.717) is 31.1 Å². The van der Waals surface area contributed by atoms with Crippen molar-refractivity contribution >= 4 is 11.8 Å². The molecule has 1 saturated carbocycles. The van der Waals surface area contributed by atoms with Gasteiger partial charge < -0.3 is 15.7 Å². The smallest absolute Gasteiger partial charge is 0.383 e. The minimum Gasteiger partial charge on any atom is -0.383 e. The number of carbonyl (C=O) groups excluding carboxylic acids is 2. The van der Waals surface area contributed by atoms with Crippen molar-refractivity contribution in [2.75, 3.05) is 19.6 Å². The molecule has 0 spiro atoms. The lowest BCUT2D eigenvalue weighted by Crippen LogP contribution is -2.45. The van der Waals surface area contributed by atoms with Gasteiger partial charge in [-0.25, -0.2) is 0 Å². The third-order valence-electron chi connectivity index (χ3n) is 6.79. The summed E-state index contributed by atoms with van der Waals surface area (Å²) in [5.41, 5.74) is -1.44. The predicted octanol–water partition coefficient (Wildman–Crippen LogP) is 2.25. The summed E-state index contributed by atoms with van der Waals surface area (Å²) in [6.45, 7) is 1.16. The first kappa shape index (κ1) is 25.1. The minimum atomic E-state index is -4.55. The SMILES string of the molecule is O=C(CNC(=O)c1cccc(C(F)(F)F)c1)N[C@@H]1CCN(C2CCC(O)(c3cnccn3)CC2)C1. The molecule has 2 heterocycles. The van der Waals surface area contributed by atoms with Crippen LogP contribution in [0.15, 0.2) is 42.9 Å². The molecule has 2 amide bonds. The third kappa shape index (κ3) is 6.15. The molecule has 1 atom stereocenters. The van der Waals surface area contributed by atoms with Gasteiger partial charge >= 0.3 is 6.18 Å². The number of aromatic nitrogens is 2. The van der Waals surface area contributed by atoms with Gasteiger partial charge in [-0.1, -0.05) is 6.07 Å². The average molecular weight is 492 g/mol. The van der Waals surface area contributed by atoms with Crippen molar-refractivity contribution in [3.05, 3.63) is 59.7 Å². The van der Waals surface area contributed by atoms with Gasteiger partial charge in [0, 0.05) is 43.1 Å². The molecular weight excluding hydrogens is 463 g/mol. The van der Waals surface area contributed by atoms with Crippen LogP contribution in [-0.2, 0) is 16.6 Å². The number of halogens is 3. The van der Waals surface area contributed by atoms with Crippen LogP contribution in [0.25, 0.3) is 0 Å². The van der Waals surface area contributed by atoms with Crippen LogP contribution in [-0.4, -0.2) is 63.5 Å². The van der Waals surface area contributed by atoms with Crippen LogP contribution >= 0.6 is 0 Å². The molecule has 1 aliphatic heterocycles. The molecular formula is C24H28F3N5O3. The van der Waals surface area contributed by atoms with Gasteiger partial charge in [-0.05, 0) is 50.3 Å². The fraction of sp³-hybridized carbons (Fsp3) is 0.500. The zero-order chi connectivity index (χ0) is 25.1. The quantitative estimate of drug-likeness (QED) is 0.572. The summed E-state index contributed by atoms with van der Waals surface area (Å²) >= 11 is 0. The molecule has 0 bridgehead atoms.